The smallest absolute Gasteiger partial charge is 0.228 e. The molecule has 2 aromatic rings. The Labute approximate surface area is 116 Å². The van der Waals surface area contributed by atoms with Crippen LogP contribution in [0, 0.1) is 0 Å². The molecular formula is C14H14NO2S2+. The van der Waals surface area contributed by atoms with Crippen molar-refractivity contribution in [2.24, 2.45) is 0 Å². The molecule has 0 saturated carbocycles. The van der Waals surface area contributed by atoms with Crippen LogP contribution in [0.2, 0.25) is 0 Å². The van der Waals surface area contributed by atoms with Crippen molar-refractivity contribution in [1.82, 2.24) is 0 Å². The highest BCUT2D eigenvalue weighted by atomic mass is 32.2. The summed E-state index contributed by atoms with van der Waals surface area (Å²) < 4.78 is 25.7. The first-order chi connectivity index (χ1) is 9.00. The van der Waals surface area contributed by atoms with Gasteiger partial charge in [0.2, 0.25) is 10.0 Å². The second kappa shape index (κ2) is 4.28. The lowest BCUT2D eigenvalue weighted by Gasteiger charge is -2.28. The predicted octanol–water partition coefficient (Wildman–Crippen LogP) is 2.76. The summed E-state index contributed by atoms with van der Waals surface area (Å²) in [4.78, 5) is 2.15. The summed E-state index contributed by atoms with van der Waals surface area (Å²) in [6.45, 7) is 0. The maximum absolute atomic E-state index is 12.1. The van der Waals surface area contributed by atoms with Gasteiger partial charge in [0.1, 0.15) is 17.6 Å². The molecule has 0 unspecified atom stereocenters. The number of hydrogen-bond acceptors (Lipinski definition) is 2. The van der Waals surface area contributed by atoms with Gasteiger partial charge in [0.25, 0.3) is 0 Å². The molecule has 0 bridgehead atoms. The molecule has 0 fully saturated rings. The fraction of sp³-hybridized carbons (Fsp3) is 0.143. The quantitative estimate of drug-likeness (QED) is 0.758. The second-order valence-corrected chi connectivity index (χ2v) is 8.20. The van der Waals surface area contributed by atoms with Gasteiger partial charge in [-0.05, 0) is 24.3 Å². The molecule has 0 aliphatic carbocycles. The van der Waals surface area contributed by atoms with Gasteiger partial charge in [0.15, 0.2) is 9.79 Å². The van der Waals surface area contributed by atoms with E-state index in [-0.39, 0.29) is 10.9 Å². The van der Waals surface area contributed by atoms with Gasteiger partial charge in [-0.25, -0.2) is 12.7 Å². The first kappa shape index (κ1) is 12.6. The molecule has 0 radical (unpaired) electrons. The molecule has 19 heavy (non-hydrogen) atoms. The maximum atomic E-state index is 12.1. The minimum atomic E-state index is -3.34. The van der Waals surface area contributed by atoms with E-state index in [2.05, 4.69) is 6.26 Å². The average molecular weight is 292 g/mol. The van der Waals surface area contributed by atoms with Crippen molar-refractivity contribution >= 4 is 32.3 Å². The molecule has 3 rings (SSSR count). The zero-order chi connectivity index (χ0) is 13.6. The van der Waals surface area contributed by atoms with Crippen molar-refractivity contribution in [3.8, 4) is 0 Å². The minimum absolute atomic E-state index is 0.102. The van der Waals surface area contributed by atoms with Gasteiger partial charge in [-0.15, -0.1) is 0 Å². The molecule has 1 aliphatic rings. The SMILES string of the molecule is C[S+]1c2ccccc2N(S(C)(=O)=O)c2ccccc21. The van der Waals surface area contributed by atoms with Crippen molar-refractivity contribution in [2.45, 2.75) is 9.79 Å². The maximum Gasteiger partial charge on any atom is 0.236 e. The molecule has 2 aromatic carbocycles. The molecule has 0 aromatic heterocycles. The number of hydrogen-bond donors (Lipinski definition) is 0. The summed E-state index contributed by atoms with van der Waals surface area (Å²) in [6.07, 6.45) is 3.39. The number of nitrogens with zero attached hydrogens (tertiary/aromatic N) is 1. The first-order valence-electron chi connectivity index (χ1n) is 5.84. The van der Waals surface area contributed by atoms with Crippen LogP contribution in [0.25, 0.3) is 0 Å². The second-order valence-electron chi connectivity index (χ2n) is 4.47. The van der Waals surface area contributed by atoms with Gasteiger partial charge >= 0.3 is 0 Å². The Hall–Kier alpha value is -1.46. The Kier molecular flexibility index (Phi) is 2.83. The van der Waals surface area contributed by atoms with Crippen molar-refractivity contribution in [2.75, 3.05) is 16.8 Å². The van der Waals surface area contributed by atoms with Crippen LogP contribution in [0.15, 0.2) is 58.3 Å². The zero-order valence-corrected chi connectivity index (χ0v) is 12.3. The van der Waals surface area contributed by atoms with Crippen LogP contribution in [-0.4, -0.2) is 20.9 Å². The highest BCUT2D eigenvalue weighted by Crippen LogP contribution is 2.45. The summed E-state index contributed by atoms with van der Waals surface area (Å²) >= 11 is 0. The first-order valence-corrected chi connectivity index (χ1v) is 9.32. The number of para-hydroxylation sites is 2. The third-order valence-corrected chi connectivity index (χ3v) is 6.23. The topological polar surface area (TPSA) is 37.4 Å². The van der Waals surface area contributed by atoms with Crippen LogP contribution < -0.4 is 4.31 Å². The van der Waals surface area contributed by atoms with Crippen LogP contribution in [0.3, 0.4) is 0 Å². The third kappa shape index (κ3) is 1.93. The molecule has 5 heteroatoms. The largest absolute Gasteiger partial charge is 0.236 e. The van der Waals surface area contributed by atoms with E-state index >= 15 is 0 Å². The van der Waals surface area contributed by atoms with E-state index in [1.165, 1.54) is 10.6 Å². The highest BCUT2D eigenvalue weighted by Gasteiger charge is 2.39. The zero-order valence-electron chi connectivity index (χ0n) is 10.7. The molecule has 0 N–H and O–H groups in total. The van der Waals surface area contributed by atoms with E-state index < -0.39 is 10.0 Å². The lowest BCUT2D eigenvalue weighted by atomic mass is 10.2. The Balaban J connectivity index is 2.36. The molecule has 1 aliphatic heterocycles. The summed E-state index contributed by atoms with van der Waals surface area (Å²) in [6, 6.07) is 15.4. The van der Waals surface area contributed by atoms with E-state index in [0.29, 0.717) is 0 Å². The van der Waals surface area contributed by atoms with Crippen molar-refractivity contribution in [1.29, 1.82) is 0 Å². The van der Waals surface area contributed by atoms with Crippen LogP contribution >= 0.6 is 0 Å². The Morgan fingerprint density at radius 3 is 1.74 bits per heavy atom. The average Bonchev–Trinajstić information content (AvgIpc) is 2.38. The van der Waals surface area contributed by atoms with E-state index in [0.717, 1.165) is 21.2 Å². The van der Waals surface area contributed by atoms with Gasteiger partial charge in [-0.2, -0.15) is 0 Å². The highest BCUT2D eigenvalue weighted by molar-refractivity contribution is 7.97. The van der Waals surface area contributed by atoms with Crippen LogP contribution in [-0.2, 0) is 20.9 Å². The van der Waals surface area contributed by atoms with Crippen LogP contribution in [0.1, 0.15) is 0 Å². The standard InChI is InChI=1S/C14H14NO2S2/c1-18-13-9-5-3-7-11(13)15(19(2,16)17)12-8-4-6-10-14(12)18/h3-10H,1-2H3/q+1. The van der Waals surface area contributed by atoms with Crippen molar-refractivity contribution < 1.29 is 8.42 Å². The number of anilines is 2. The molecule has 0 saturated heterocycles. The number of benzene rings is 2. The van der Waals surface area contributed by atoms with Crippen LogP contribution in [0.4, 0.5) is 11.4 Å². The molecule has 0 amide bonds. The number of rotatable bonds is 1. The third-order valence-electron chi connectivity index (χ3n) is 3.16. The Morgan fingerprint density at radius 1 is 0.895 bits per heavy atom. The van der Waals surface area contributed by atoms with Gasteiger partial charge < -0.3 is 0 Å². The van der Waals surface area contributed by atoms with E-state index in [4.69, 9.17) is 0 Å². The summed E-state index contributed by atoms with van der Waals surface area (Å²) in [7, 11) is -3.44. The summed E-state index contributed by atoms with van der Waals surface area (Å²) in [5, 5.41) is 0. The van der Waals surface area contributed by atoms with Crippen molar-refractivity contribution in [3.63, 3.8) is 0 Å². The Morgan fingerprint density at radius 2 is 1.32 bits per heavy atom. The molecule has 0 atom stereocenters. The van der Waals surface area contributed by atoms with Gasteiger partial charge in [0, 0.05) is 0 Å². The molecule has 98 valence electrons. The Bertz CT molecular complexity index is 693. The summed E-state index contributed by atoms with van der Waals surface area (Å²) in [5.41, 5.74) is 1.55. The predicted molar refractivity (Wildman–Crippen MR) is 79.7 cm³/mol. The fourth-order valence-electron chi connectivity index (χ4n) is 2.37. The van der Waals surface area contributed by atoms with Crippen molar-refractivity contribution in [3.05, 3.63) is 48.5 Å². The lowest BCUT2D eigenvalue weighted by Crippen LogP contribution is -2.30. The monoisotopic (exact) mass is 292 g/mol. The normalized spacial score (nSPS) is 14.9. The van der Waals surface area contributed by atoms with E-state index in [9.17, 15) is 8.42 Å². The minimum Gasteiger partial charge on any atom is -0.228 e. The van der Waals surface area contributed by atoms with Crippen LogP contribution in [0.5, 0.6) is 0 Å². The van der Waals surface area contributed by atoms with E-state index in [1.807, 2.05) is 48.5 Å². The molecule has 0 spiro atoms. The van der Waals surface area contributed by atoms with Gasteiger partial charge in [-0.3, -0.25) is 0 Å². The number of sulfonamides is 1. The fourth-order valence-corrected chi connectivity index (χ4v) is 5.27. The lowest BCUT2D eigenvalue weighted by molar-refractivity contribution is 0.601. The molecule has 1 heterocycles. The van der Waals surface area contributed by atoms with Gasteiger partial charge in [-0.1, -0.05) is 24.3 Å². The van der Waals surface area contributed by atoms with E-state index in [1.54, 1.807) is 0 Å². The van der Waals surface area contributed by atoms with Gasteiger partial charge in [0.05, 0.1) is 17.2 Å². The number of fused-ring (bicyclic) bond motifs is 2. The summed E-state index contributed by atoms with van der Waals surface area (Å²) in [5.74, 6) is 0. The molecule has 3 nitrogen and oxygen atoms in total. The molecular weight excluding hydrogens is 278 g/mol.